The second-order valence-corrected chi connectivity index (χ2v) is 7.12. The lowest BCUT2D eigenvalue weighted by molar-refractivity contribution is 0.516. The molecule has 7 heteroatoms. The molecule has 4 nitrogen and oxygen atoms in total. The predicted molar refractivity (Wildman–Crippen MR) is 109 cm³/mol. The summed E-state index contributed by atoms with van der Waals surface area (Å²) in [6.07, 6.45) is 1.78. The van der Waals surface area contributed by atoms with E-state index in [1.165, 1.54) is 0 Å². The van der Waals surface area contributed by atoms with Crippen LogP contribution in [-0.4, -0.2) is 10.1 Å². The molecule has 3 aromatic rings. The molecule has 2 N–H and O–H groups in total. The zero-order valence-electron chi connectivity index (χ0n) is 13.3. The fourth-order valence-electron chi connectivity index (χ4n) is 2.19. The Labute approximate surface area is 164 Å². The first kappa shape index (κ1) is 17.9. The first-order chi connectivity index (χ1) is 12.0. The predicted octanol–water partition coefficient (Wildman–Crippen LogP) is 5.55. The van der Waals surface area contributed by atoms with Gasteiger partial charge in [0.15, 0.2) is 5.11 Å². The van der Waals surface area contributed by atoms with Gasteiger partial charge >= 0.3 is 0 Å². The average molecular weight is 437 g/mol. The maximum absolute atomic E-state index is 5.90. The normalized spacial score (nSPS) is 10.5. The average Bonchev–Trinajstić information content (AvgIpc) is 3.05. The largest absolute Gasteiger partial charge is 0.459 e. The van der Waals surface area contributed by atoms with Crippen LogP contribution >= 0.6 is 39.7 Å². The van der Waals surface area contributed by atoms with Gasteiger partial charge in [-0.3, -0.25) is 0 Å². The van der Waals surface area contributed by atoms with E-state index in [-0.39, 0.29) is 0 Å². The minimum atomic E-state index is 0.474. The molecule has 0 radical (unpaired) electrons. The summed E-state index contributed by atoms with van der Waals surface area (Å²) in [5, 5.41) is 7.34. The van der Waals surface area contributed by atoms with E-state index in [1.54, 1.807) is 6.20 Å². The van der Waals surface area contributed by atoms with Gasteiger partial charge in [0.25, 0.3) is 0 Å². The number of pyridine rings is 1. The van der Waals surface area contributed by atoms with Crippen LogP contribution in [0.1, 0.15) is 11.3 Å². The molecule has 0 amide bonds. The van der Waals surface area contributed by atoms with E-state index in [0.29, 0.717) is 22.5 Å². The lowest BCUT2D eigenvalue weighted by Crippen LogP contribution is -2.28. The molecule has 0 bridgehead atoms. The molecule has 0 fully saturated rings. The highest BCUT2D eigenvalue weighted by atomic mass is 79.9. The van der Waals surface area contributed by atoms with Crippen LogP contribution in [0.3, 0.4) is 0 Å². The minimum absolute atomic E-state index is 0.474. The molecule has 0 saturated heterocycles. The number of anilines is 1. The van der Waals surface area contributed by atoms with Crippen LogP contribution in [0.15, 0.2) is 57.6 Å². The number of nitrogens with zero attached hydrogens (tertiary/aromatic N) is 1. The Balaban J connectivity index is 1.58. The first-order valence-electron chi connectivity index (χ1n) is 7.53. The number of nitrogens with one attached hydrogen (secondary N) is 2. The molecule has 0 atom stereocenters. The number of benzene rings is 1. The van der Waals surface area contributed by atoms with Crippen molar-refractivity contribution in [1.82, 2.24) is 10.3 Å². The van der Waals surface area contributed by atoms with Gasteiger partial charge < -0.3 is 15.1 Å². The number of aryl methyl sites for hydroxylation is 1. The Bertz CT molecular complexity index is 896. The van der Waals surface area contributed by atoms with Gasteiger partial charge in [-0.1, -0.05) is 11.6 Å². The van der Waals surface area contributed by atoms with Gasteiger partial charge in [0, 0.05) is 16.8 Å². The van der Waals surface area contributed by atoms with Gasteiger partial charge in [-0.15, -0.1) is 0 Å². The van der Waals surface area contributed by atoms with E-state index in [1.807, 2.05) is 49.4 Å². The van der Waals surface area contributed by atoms with Gasteiger partial charge in [0.2, 0.25) is 0 Å². The number of halogens is 2. The van der Waals surface area contributed by atoms with Crippen molar-refractivity contribution in [2.45, 2.75) is 13.5 Å². The highest BCUT2D eigenvalue weighted by molar-refractivity contribution is 9.10. The van der Waals surface area contributed by atoms with Crippen molar-refractivity contribution in [3.05, 3.63) is 69.5 Å². The van der Waals surface area contributed by atoms with Crippen molar-refractivity contribution >= 4 is 50.7 Å². The van der Waals surface area contributed by atoms with E-state index in [2.05, 4.69) is 31.5 Å². The summed E-state index contributed by atoms with van der Waals surface area (Å²) < 4.78 is 6.69. The Hall–Kier alpha value is -1.89. The molecule has 2 aromatic heterocycles. The molecule has 2 heterocycles. The Morgan fingerprint density at radius 1 is 1.24 bits per heavy atom. The van der Waals surface area contributed by atoms with Crippen molar-refractivity contribution in [2.24, 2.45) is 0 Å². The summed E-state index contributed by atoms with van der Waals surface area (Å²) in [6, 6.07) is 13.3. The van der Waals surface area contributed by atoms with Gasteiger partial charge in [-0.25, -0.2) is 4.98 Å². The molecule has 0 aliphatic heterocycles. The molecule has 0 aliphatic carbocycles. The summed E-state index contributed by atoms with van der Waals surface area (Å²) in [6.45, 7) is 2.45. The first-order valence-corrected chi connectivity index (χ1v) is 9.11. The van der Waals surface area contributed by atoms with Crippen LogP contribution in [0, 0.1) is 6.92 Å². The summed E-state index contributed by atoms with van der Waals surface area (Å²) in [7, 11) is 0. The van der Waals surface area contributed by atoms with Crippen LogP contribution in [0.2, 0.25) is 5.02 Å². The molecule has 0 spiro atoms. The fraction of sp³-hybridized carbons (Fsp3) is 0.111. The smallest absolute Gasteiger partial charge is 0.172 e. The summed E-state index contributed by atoms with van der Waals surface area (Å²) in [5.41, 5.74) is 2.05. The zero-order valence-corrected chi connectivity index (χ0v) is 16.5. The zero-order chi connectivity index (χ0) is 17.8. The molecule has 25 heavy (non-hydrogen) atoms. The lowest BCUT2D eigenvalue weighted by atomic mass is 10.2. The van der Waals surface area contributed by atoms with Crippen LogP contribution in [0.5, 0.6) is 0 Å². The van der Waals surface area contributed by atoms with E-state index in [4.69, 9.17) is 28.2 Å². The van der Waals surface area contributed by atoms with Crippen LogP contribution in [0.25, 0.3) is 11.3 Å². The third kappa shape index (κ3) is 4.81. The van der Waals surface area contributed by atoms with Crippen LogP contribution in [0.4, 0.5) is 5.82 Å². The van der Waals surface area contributed by atoms with Crippen molar-refractivity contribution in [1.29, 1.82) is 0 Å². The van der Waals surface area contributed by atoms with Gasteiger partial charge in [0.1, 0.15) is 17.3 Å². The van der Waals surface area contributed by atoms with Crippen LogP contribution < -0.4 is 10.6 Å². The maximum atomic E-state index is 5.90. The number of hydrogen-bond acceptors (Lipinski definition) is 3. The SMILES string of the molecule is Cc1cnc(NC(=S)NCc2ccc(-c3ccc(Cl)cc3)o2)c(Br)c1. The molecule has 0 aliphatic rings. The van der Waals surface area contributed by atoms with E-state index < -0.39 is 0 Å². The minimum Gasteiger partial charge on any atom is -0.459 e. The summed E-state index contributed by atoms with van der Waals surface area (Å²) in [5.74, 6) is 2.24. The number of aromatic nitrogens is 1. The Morgan fingerprint density at radius 3 is 2.72 bits per heavy atom. The molecule has 128 valence electrons. The van der Waals surface area contributed by atoms with Crippen molar-refractivity contribution in [3.63, 3.8) is 0 Å². The van der Waals surface area contributed by atoms with Crippen LogP contribution in [-0.2, 0) is 6.54 Å². The lowest BCUT2D eigenvalue weighted by Gasteiger charge is -2.10. The molecular weight excluding hydrogens is 422 g/mol. The quantitative estimate of drug-likeness (QED) is 0.525. The highest BCUT2D eigenvalue weighted by Gasteiger charge is 2.07. The number of hydrogen-bond donors (Lipinski definition) is 2. The topological polar surface area (TPSA) is 50.1 Å². The van der Waals surface area contributed by atoms with Crippen molar-refractivity contribution in [2.75, 3.05) is 5.32 Å². The van der Waals surface area contributed by atoms with Gasteiger partial charge in [0.05, 0.1) is 11.0 Å². The number of rotatable bonds is 4. The fourth-order valence-corrected chi connectivity index (χ4v) is 3.04. The standard InChI is InChI=1S/C18H15BrClN3OS/c1-11-8-15(19)17(21-9-11)23-18(25)22-10-14-6-7-16(24-14)12-2-4-13(20)5-3-12/h2-9H,10H2,1H3,(H2,21,22,23,25). The van der Waals surface area contributed by atoms with Gasteiger partial charge in [-0.05, 0) is 83.1 Å². The molecular formula is C18H15BrClN3OS. The molecule has 3 rings (SSSR count). The van der Waals surface area contributed by atoms with Crippen molar-refractivity contribution < 1.29 is 4.42 Å². The summed E-state index contributed by atoms with van der Waals surface area (Å²) >= 11 is 14.7. The second kappa shape index (κ2) is 7.99. The van der Waals surface area contributed by atoms with Crippen molar-refractivity contribution in [3.8, 4) is 11.3 Å². The third-order valence-electron chi connectivity index (χ3n) is 3.42. The number of furan rings is 1. The third-order valence-corrected chi connectivity index (χ3v) is 4.53. The van der Waals surface area contributed by atoms with E-state index >= 15 is 0 Å². The van der Waals surface area contributed by atoms with E-state index in [0.717, 1.165) is 27.1 Å². The van der Waals surface area contributed by atoms with E-state index in [9.17, 15) is 0 Å². The second-order valence-electron chi connectivity index (χ2n) is 5.42. The number of thiocarbonyl (C=S) groups is 1. The Kier molecular flexibility index (Phi) is 5.73. The maximum Gasteiger partial charge on any atom is 0.172 e. The molecule has 0 unspecified atom stereocenters. The molecule has 0 saturated carbocycles. The summed E-state index contributed by atoms with van der Waals surface area (Å²) in [4.78, 5) is 4.30. The highest BCUT2D eigenvalue weighted by Crippen LogP contribution is 2.24. The van der Waals surface area contributed by atoms with Gasteiger partial charge in [-0.2, -0.15) is 0 Å². The molecule has 1 aromatic carbocycles. The Morgan fingerprint density at radius 2 is 2.00 bits per heavy atom. The monoisotopic (exact) mass is 435 g/mol.